The predicted octanol–water partition coefficient (Wildman–Crippen LogP) is 3.69. The summed E-state index contributed by atoms with van der Waals surface area (Å²) in [5.41, 5.74) is 4.25. The Morgan fingerprint density at radius 2 is 2.00 bits per heavy atom. The number of ether oxygens (including phenoxy) is 1. The van der Waals surface area contributed by atoms with Gasteiger partial charge < -0.3 is 19.9 Å². The largest absolute Gasteiger partial charge is 0.504 e. The highest BCUT2D eigenvalue weighted by Gasteiger charge is 2.65. The molecule has 5 heteroatoms. The second kappa shape index (κ2) is 6.30. The summed E-state index contributed by atoms with van der Waals surface area (Å²) >= 11 is 0. The molecule has 4 aliphatic rings. The highest BCUT2D eigenvalue weighted by atomic mass is 16.5. The molecule has 7 rings (SSSR count). The van der Waals surface area contributed by atoms with Crippen LogP contribution in [0.5, 0.6) is 11.5 Å². The second-order valence-electron chi connectivity index (χ2n) is 10.5. The molecule has 3 aromatic rings. The van der Waals surface area contributed by atoms with Gasteiger partial charge in [-0.15, -0.1) is 0 Å². The Bertz CT molecular complexity index is 1250. The number of H-pyrrole nitrogens is 1. The molecule has 0 spiro atoms. The average Bonchev–Trinajstić information content (AvgIpc) is 3.54. The maximum absolute atomic E-state index is 12.7. The van der Waals surface area contributed by atoms with Gasteiger partial charge in [0, 0.05) is 53.0 Å². The van der Waals surface area contributed by atoms with Crippen molar-refractivity contribution >= 4 is 10.9 Å². The van der Waals surface area contributed by atoms with E-state index in [2.05, 4.69) is 40.2 Å². The van der Waals surface area contributed by atoms with Crippen LogP contribution in [0.1, 0.15) is 41.6 Å². The number of aromatic amines is 1. The number of aromatic nitrogens is 1. The molecule has 1 saturated carbocycles. The summed E-state index contributed by atoms with van der Waals surface area (Å²) in [6.45, 7) is 2.05. The van der Waals surface area contributed by atoms with Crippen LogP contribution in [0.4, 0.5) is 0 Å². The molecule has 3 N–H and O–H groups in total. The van der Waals surface area contributed by atoms with Crippen molar-refractivity contribution in [3.8, 4) is 11.5 Å². The van der Waals surface area contributed by atoms with E-state index in [0.717, 1.165) is 54.9 Å². The zero-order valence-electron chi connectivity index (χ0n) is 18.5. The summed E-state index contributed by atoms with van der Waals surface area (Å²) in [5.74, 6) is 1.50. The minimum atomic E-state index is -0.922. The highest BCUT2D eigenvalue weighted by molar-refractivity contribution is 5.85. The topological polar surface area (TPSA) is 68.7 Å². The monoisotopic (exact) mass is 430 g/mol. The molecule has 1 aliphatic heterocycles. The SMILES string of the molecule is COc1ccc2c(c1O)[C@]13CCN(CC4CC4)[C@@H](C2)[C@]1(O)Cc1c([nH]c2ccccc12)C3. The van der Waals surface area contributed by atoms with Crippen LogP contribution in [0, 0.1) is 5.92 Å². The number of phenols is 1. The molecule has 2 aromatic carbocycles. The smallest absolute Gasteiger partial charge is 0.161 e. The summed E-state index contributed by atoms with van der Waals surface area (Å²) in [6, 6.07) is 12.5. The fourth-order valence-corrected chi connectivity index (χ4v) is 7.31. The number of hydrogen-bond acceptors (Lipinski definition) is 4. The molecule has 32 heavy (non-hydrogen) atoms. The van der Waals surface area contributed by atoms with Crippen LogP contribution in [0.15, 0.2) is 36.4 Å². The number of aliphatic hydroxyl groups is 1. The first-order chi connectivity index (χ1) is 15.5. The number of nitrogens with zero attached hydrogens (tertiary/aromatic N) is 1. The van der Waals surface area contributed by atoms with Crippen LogP contribution < -0.4 is 4.74 Å². The predicted molar refractivity (Wildman–Crippen MR) is 123 cm³/mol. The van der Waals surface area contributed by atoms with Gasteiger partial charge in [-0.25, -0.2) is 0 Å². The van der Waals surface area contributed by atoms with Crippen molar-refractivity contribution in [1.29, 1.82) is 0 Å². The van der Waals surface area contributed by atoms with Crippen molar-refractivity contribution in [2.24, 2.45) is 5.92 Å². The molecule has 0 radical (unpaired) electrons. The minimum absolute atomic E-state index is 0.0685. The molecule has 3 aliphatic carbocycles. The van der Waals surface area contributed by atoms with Gasteiger partial charge in [0.05, 0.1) is 12.7 Å². The molecule has 1 saturated heterocycles. The number of phenolic OH excluding ortho intramolecular Hbond substituents is 1. The van der Waals surface area contributed by atoms with E-state index in [4.69, 9.17) is 4.74 Å². The van der Waals surface area contributed by atoms with Gasteiger partial charge in [-0.1, -0.05) is 24.3 Å². The number of para-hydroxylation sites is 1. The van der Waals surface area contributed by atoms with E-state index < -0.39 is 11.0 Å². The number of rotatable bonds is 3. The number of hydrogen-bond donors (Lipinski definition) is 3. The Hall–Kier alpha value is -2.50. The molecule has 166 valence electrons. The normalized spacial score (nSPS) is 31.1. The first-order valence-corrected chi connectivity index (χ1v) is 12.0. The van der Waals surface area contributed by atoms with Crippen LogP contribution >= 0.6 is 0 Å². The van der Waals surface area contributed by atoms with Gasteiger partial charge in [-0.05, 0) is 61.4 Å². The molecule has 0 unspecified atom stereocenters. The first kappa shape index (κ1) is 19.0. The molecule has 1 aromatic heterocycles. The van der Waals surface area contributed by atoms with E-state index in [0.29, 0.717) is 12.2 Å². The molecule has 3 atom stereocenters. The van der Waals surface area contributed by atoms with Crippen LogP contribution in [-0.2, 0) is 24.7 Å². The van der Waals surface area contributed by atoms with Crippen LogP contribution in [-0.4, -0.2) is 51.9 Å². The van der Waals surface area contributed by atoms with Crippen molar-refractivity contribution in [3.05, 3.63) is 58.8 Å². The zero-order valence-corrected chi connectivity index (χ0v) is 18.5. The van der Waals surface area contributed by atoms with Gasteiger partial charge in [-0.2, -0.15) is 0 Å². The summed E-state index contributed by atoms with van der Waals surface area (Å²) < 4.78 is 5.51. The number of nitrogens with one attached hydrogen (secondary N) is 1. The second-order valence-corrected chi connectivity index (χ2v) is 10.5. The Kier molecular flexibility index (Phi) is 3.74. The van der Waals surface area contributed by atoms with Crippen molar-refractivity contribution in [1.82, 2.24) is 9.88 Å². The van der Waals surface area contributed by atoms with Gasteiger partial charge in [0.2, 0.25) is 0 Å². The van der Waals surface area contributed by atoms with Crippen molar-refractivity contribution in [2.75, 3.05) is 20.2 Å². The van der Waals surface area contributed by atoms with Crippen LogP contribution in [0.3, 0.4) is 0 Å². The lowest BCUT2D eigenvalue weighted by atomic mass is 9.49. The number of piperidine rings is 1. The van der Waals surface area contributed by atoms with E-state index in [1.54, 1.807) is 7.11 Å². The van der Waals surface area contributed by atoms with Gasteiger partial charge in [-0.3, -0.25) is 4.90 Å². The molecule has 2 fully saturated rings. The van der Waals surface area contributed by atoms with Crippen molar-refractivity contribution in [2.45, 2.75) is 55.6 Å². The number of fused-ring (bicyclic) bond motifs is 4. The van der Waals surface area contributed by atoms with E-state index in [9.17, 15) is 10.2 Å². The van der Waals surface area contributed by atoms with Gasteiger partial charge in [0.15, 0.2) is 11.5 Å². The summed E-state index contributed by atoms with van der Waals surface area (Å²) in [7, 11) is 1.60. The molecule has 5 nitrogen and oxygen atoms in total. The summed E-state index contributed by atoms with van der Waals surface area (Å²) in [5, 5.41) is 25.3. The van der Waals surface area contributed by atoms with Gasteiger partial charge >= 0.3 is 0 Å². The highest BCUT2D eigenvalue weighted by Crippen LogP contribution is 2.60. The third-order valence-electron chi connectivity index (χ3n) is 9.00. The van der Waals surface area contributed by atoms with Crippen molar-refractivity contribution < 1.29 is 14.9 Å². The fourth-order valence-electron chi connectivity index (χ4n) is 7.31. The zero-order chi connectivity index (χ0) is 21.7. The summed E-state index contributed by atoms with van der Waals surface area (Å²) in [6.07, 6.45) is 5.58. The van der Waals surface area contributed by atoms with E-state index in [-0.39, 0.29) is 11.8 Å². The first-order valence-electron chi connectivity index (χ1n) is 12.0. The lowest BCUT2D eigenvalue weighted by Crippen LogP contribution is -2.74. The van der Waals surface area contributed by atoms with Crippen LogP contribution in [0.2, 0.25) is 0 Å². The van der Waals surface area contributed by atoms with E-state index in [1.165, 1.54) is 29.5 Å². The average molecular weight is 431 g/mol. The van der Waals surface area contributed by atoms with E-state index >= 15 is 0 Å². The third-order valence-corrected chi connectivity index (χ3v) is 9.00. The van der Waals surface area contributed by atoms with Gasteiger partial charge in [0.25, 0.3) is 0 Å². The lowest BCUT2D eigenvalue weighted by Gasteiger charge is -2.63. The number of methoxy groups -OCH3 is 1. The van der Waals surface area contributed by atoms with Crippen LogP contribution in [0.25, 0.3) is 10.9 Å². The molecule has 2 heterocycles. The third kappa shape index (κ3) is 2.31. The molecule has 0 amide bonds. The van der Waals surface area contributed by atoms with Crippen molar-refractivity contribution in [3.63, 3.8) is 0 Å². The van der Waals surface area contributed by atoms with Gasteiger partial charge in [0.1, 0.15) is 0 Å². The quantitative estimate of drug-likeness (QED) is 0.593. The summed E-state index contributed by atoms with van der Waals surface area (Å²) in [4.78, 5) is 6.23. The molecular weight excluding hydrogens is 400 g/mol. The Morgan fingerprint density at radius 3 is 2.81 bits per heavy atom. The number of likely N-dealkylation sites (tertiary alicyclic amines) is 1. The standard InChI is InChI=1S/C27H30N2O3/c1-32-22-9-8-17-12-23-27(31)13-19-18-4-2-3-5-20(18)28-21(19)14-26(27,24(17)25(22)30)10-11-29(23)15-16-6-7-16/h2-5,8-9,16,23,28,30-31H,6-7,10-15H2,1H3/t23-,26+,27+/m0/s1. The minimum Gasteiger partial charge on any atom is -0.504 e. The Morgan fingerprint density at radius 1 is 1.16 bits per heavy atom. The number of benzene rings is 2. The Balaban J connectivity index is 1.47. The maximum atomic E-state index is 12.7. The Labute approximate surface area is 188 Å². The lowest BCUT2D eigenvalue weighted by molar-refractivity contribution is -0.152. The molecular formula is C27H30N2O3. The fraction of sp³-hybridized carbons (Fsp3) is 0.481. The molecule has 2 bridgehead atoms. The van der Waals surface area contributed by atoms with E-state index in [1.807, 2.05) is 6.07 Å². The number of aromatic hydroxyl groups is 1. The maximum Gasteiger partial charge on any atom is 0.161 e.